The lowest BCUT2D eigenvalue weighted by atomic mass is 9.68. The van der Waals surface area contributed by atoms with Crippen molar-refractivity contribution in [2.75, 3.05) is 37.0 Å². The van der Waals surface area contributed by atoms with Crippen LogP contribution in [0.1, 0.15) is 60.5 Å². The van der Waals surface area contributed by atoms with Gasteiger partial charge >= 0.3 is 5.97 Å². The first-order valence-electron chi connectivity index (χ1n) is 14.8. The molecule has 2 heterocycles. The Kier molecular flexibility index (Phi) is 9.99. The highest BCUT2D eigenvalue weighted by Crippen LogP contribution is 2.44. The van der Waals surface area contributed by atoms with Gasteiger partial charge in [-0.25, -0.2) is 18.4 Å². The number of anilines is 1. The van der Waals surface area contributed by atoms with Gasteiger partial charge in [-0.3, -0.25) is 0 Å². The molecule has 0 amide bonds. The third kappa shape index (κ3) is 7.77. The Morgan fingerprint density at radius 3 is 2.74 bits per heavy atom. The number of ether oxygens (including phenoxy) is 3. The summed E-state index contributed by atoms with van der Waals surface area (Å²) in [6.07, 6.45) is 5.61. The first-order valence-corrected chi connectivity index (χ1v) is 16.9. The number of aromatic carboxylic acids is 1. The molecule has 5 rings (SSSR count). The highest BCUT2D eigenvalue weighted by Gasteiger charge is 2.42. The summed E-state index contributed by atoms with van der Waals surface area (Å²) in [6.45, 7) is 4.65. The smallest absolute Gasteiger partial charge is 0.335 e. The number of fused-ring (bicyclic) bond motifs is 2. The van der Waals surface area contributed by atoms with Gasteiger partial charge in [-0.15, -0.1) is 0 Å². The van der Waals surface area contributed by atoms with Gasteiger partial charge in [-0.2, -0.15) is 0 Å². The molecular formula is C31H41ClN2O7S. The van der Waals surface area contributed by atoms with E-state index in [1.807, 2.05) is 18.2 Å². The number of benzene rings is 2. The number of primary sulfonamides is 1. The number of carboxylic acids is 1. The van der Waals surface area contributed by atoms with Crippen LogP contribution in [0.15, 0.2) is 36.4 Å². The van der Waals surface area contributed by atoms with Gasteiger partial charge in [-0.05, 0) is 85.4 Å². The largest absolute Gasteiger partial charge is 0.487 e. The molecule has 2 aromatic rings. The minimum Gasteiger partial charge on any atom is -0.487 e. The molecule has 5 atom stereocenters. The Bertz CT molecular complexity index is 1370. The molecule has 1 saturated heterocycles. The standard InChI is InChI=1S/C31H41ClN2O7S/c1-20-18-40-30(16-29(20)39-12-13-42(33,37)38)26-9-6-23(26)17-34-11-3-2-4-21-14-25(32)8-5-24(21)19-41-28-10-7-22(31(35)36)15-27(28)34/h5,7-8,10,14-15,20,23,26,29-30H,2-4,6,9,11-13,16-19H2,1H3,(H,35,36)(H2,33,37,38)/t20-,23+,26-,29-,30+/m1/s1. The summed E-state index contributed by atoms with van der Waals surface area (Å²) >= 11 is 6.29. The molecule has 3 N–H and O–H groups in total. The molecule has 2 aliphatic heterocycles. The Hall–Kier alpha value is -2.37. The molecule has 0 unspecified atom stereocenters. The number of halogens is 1. The summed E-state index contributed by atoms with van der Waals surface area (Å²) in [7, 11) is -3.57. The molecule has 1 aliphatic carbocycles. The Morgan fingerprint density at radius 1 is 1.17 bits per heavy atom. The van der Waals surface area contributed by atoms with Crippen molar-refractivity contribution in [3.8, 4) is 5.75 Å². The highest BCUT2D eigenvalue weighted by atomic mass is 35.5. The van der Waals surface area contributed by atoms with Crippen molar-refractivity contribution in [3.05, 3.63) is 58.1 Å². The van der Waals surface area contributed by atoms with Crippen LogP contribution in [-0.4, -0.2) is 63.8 Å². The normalized spacial score (nSPS) is 26.6. The minimum absolute atomic E-state index is 0.0312. The van der Waals surface area contributed by atoms with Crippen molar-refractivity contribution in [2.45, 2.75) is 64.3 Å². The van der Waals surface area contributed by atoms with Crippen LogP contribution in [0.3, 0.4) is 0 Å². The van der Waals surface area contributed by atoms with Crippen LogP contribution >= 0.6 is 11.6 Å². The van der Waals surface area contributed by atoms with Crippen LogP contribution in [-0.2, 0) is 32.5 Å². The van der Waals surface area contributed by atoms with Gasteiger partial charge < -0.3 is 24.2 Å². The summed E-state index contributed by atoms with van der Waals surface area (Å²) in [6, 6.07) is 11.0. The van der Waals surface area contributed by atoms with Crippen LogP contribution in [0.2, 0.25) is 5.02 Å². The molecule has 2 aromatic carbocycles. The van der Waals surface area contributed by atoms with Crippen LogP contribution in [0.4, 0.5) is 5.69 Å². The number of nitrogens with zero attached hydrogens (tertiary/aromatic N) is 1. The van der Waals surface area contributed by atoms with E-state index in [-0.39, 0.29) is 36.0 Å². The molecule has 0 radical (unpaired) electrons. The van der Waals surface area contributed by atoms with E-state index in [9.17, 15) is 18.3 Å². The van der Waals surface area contributed by atoms with Gasteiger partial charge in [0.15, 0.2) is 0 Å². The summed E-state index contributed by atoms with van der Waals surface area (Å²) in [5.74, 6) is 0.398. The van der Waals surface area contributed by atoms with E-state index in [1.165, 1.54) is 5.56 Å². The maximum Gasteiger partial charge on any atom is 0.335 e. The number of aryl methyl sites for hydroxylation is 1. The van der Waals surface area contributed by atoms with Crippen LogP contribution in [0.5, 0.6) is 5.75 Å². The lowest BCUT2D eigenvalue weighted by Gasteiger charge is -2.47. The predicted molar refractivity (Wildman–Crippen MR) is 162 cm³/mol. The number of carbonyl (C=O) groups is 1. The third-order valence-corrected chi connectivity index (χ3v) is 9.97. The molecule has 1 saturated carbocycles. The van der Waals surface area contributed by atoms with Gasteiger partial charge in [-0.1, -0.05) is 24.6 Å². The molecule has 3 aliphatic rings. The van der Waals surface area contributed by atoms with E-state index >= 15 is 0 Å². The molecule has 0 aromatic heterocycles. The molecule has 2 fully saturated rings. The predicted octanol–water partition coefficient (Wildman–Crippen LogP) is 4.88. The topological polar surface area (TPSA) is 128 Å². The molecule has 0 spiro atoms. The average molecular weight is 621 g/mol. The monoisotopic (exact) mass is 620 g/mol. The van der Waals surface area contributed by atoms with Gasteiger partial charge in [0.1, 0.15) is 12.4 Å². The Morgan fingerprint density at radius 2 is 2.00 bits per heavy atom. The van der Waals surface area contributed by atoms with Gasteiger partial charge in [0.2, 0.25) is 10.0 Å². The fourth-order valence-electron chi connectivity index (χ4n) is 6.42. The first-order chi connectivity index (χ1) is 20.1. The van der Waals surface area contributed by atoms with Crippen molar-refractivity contribution < 1.29 is 32.5 Å². The number of hydrogen-bond acceptors (Lipinski definition) is 7. The fraction of sp³-hybridized carbons (Fsp3) is 0.581. The van der Waals surface area contributed by atoms with E-state index in [4.69, 9.17) is 31.0 Å². The quantitative estimate of drug-likeness (QED) is 0.427. The lowest BCUT2D eigenvalue weighted by molar-refractivity contribution is -0.139. The molecule has 0 bridgehead atoms. The molecule has 42 heavy (non-hydrogen) atoms. The SMILES string of the molecule is C[C@@H]1CO[C@H]([C@@H]2CC[C@H]2CN2CCCCc3cc(Cl)ccc3COc3ccc(C(=O)O)cc32)C[C@H]1OCCS(N)(=O)=O. The third-order valence-electron chi connectivity index (χ3n) is 9.00. The van der Waals surface area contributed by atoms with Crippen molar-refractivity contribution in [1.29, 1.82) is 0 Å². The number of hydrogen-bond donors (Lipinski definition) is 2. The van der Waals surface area contributed by atoms with Crippen molar-refractivity contribution in [2.24, 2.45) is 22.9 Å². The highest BCUT2D eigenvalue weighted by molar-refractivity contribution is 7.89. The minimum atomic E-state index is -3.57. The zero-order valence-electron chi connectivity index (χ0n) is 24.0. The maximum absolute atomic E-state index is 11.9. The van der Waals surface area contributed by atoms with E-state index in [1.54, 1.807) is 18.2 Å². The summed E-state index contributed by atoms with van der Waals surface area (Å²) < 4.78 is 41.3. The first kappa shape index (κ1) is 31.1. The summed E-state index contributed by atoms with van der Waals surface area (Å²) in [5.41, 5.74) is 3.31. The molecule has 9 nitrogen and oxygen atoms in total. The van der Waals surface area contributed by atoms with E-state index in [0.29, 0.717) is 35.8 Å². The lowest BCUT2D eigenvalue weighted by Crippen LogP contribution is -2.49. The van der Waals surface area contributed by atoms with Crippen molar-refractivity contribution in [3.63, 3.8) is 0 Å². The maximum atomic E-state index is 11.9. The molecule has 230 valence electrons. The summed E-state index contributed by atoms with van der Waals surface area (Å²) in [4.78, 5) is 14.2. The fourth-order valence-corrected chi connectivity index (χ4v) is 6.95. The van der Waals surface area contributed by atoms with Crippen molar-refractivity contribution >= 4 is 33.3 Å². The van der Waals surface area contributed by atoms with Gasteiger partial charge in [0.05, 0.1) is 42.4 Å². The van der Waals surface area contributed by atoms with Crippen LogP contribution < -0.4 is 14.8 Å². The Labute approximate surface area is 253 Å². The molecule has 11 heteroatoms. The number of nitrogens with two attached hydrogens (primary N) is 1. The number of rotatable bonds is 8. The van der Waals surface area contributed by atoms with Gasteiger partial charge in [0, 0.05) is 30.5 Å². The van der Waals surface area contributed by atoms with Crippen LogP contribution in [0.25, 0.3) is 0 Å². The Balaban J connectivity index is 1.32. The second-order valence-electron chi connectivity index (χ2n) is 12.0. The van der Waals surface area contributed by atoms with E-state index in [0.717, 1.165) is 62.9 Å². The van der Waals surface area contributed by atoms with Gasteiger partial charge in [0.25, 0.3) is 0 Å². The zero-order valence-corrected chi connectivity index (χ0v) is 25.6. The van der Waals surface area contributed by atoms with Crippen LogP contribution in [0, 0.1) is 17.8 Å². The van der Waals surface area contributed by atoms with Crippen molar-refractivity contribution in [1.82, 2.24) is 0 Å². The van der Waals surface area contributed by atoms with E-state index < -0.39 is 16.0 Å². The summed E-state index contributed by atoms with van der Waals surface area (Å²) in [5, 5.41) is 15.6. The zero-order chi connectivity index (χ0) is 29.9. The second kappa shape index (κ2) is 13.5. The number of carboxylic acid groups (broad SMARTS) is 1. The number of sulfonamides is 1. The van der Waals surface area contributed by atoms with E-state index in [2.05, 4.69) is 11.8 Å². The average Bonchev–Trinajstić information content (AvgIpc) is 2.95. The second-order valence-corrected chi connectivity index (χ2v) is 14.1. The molecular weight excluding hydrogens is 580 g/mol.